The lowest BCUT2D eigenvalue weighted by Crippen LogP contribution is -2.14. The lowest BCUT2D eigenvalue weighted by molar-refractivity contribution is 0.594. The Balaban J connectivity index is 2.51. The van der Waals surface area contributed by atoms with E-state index in [1.165, 1.54) is 13.0 Å². The Morgan fingerprint density at radius 2 is 1.89 bits per heavy atom. The minimum Gasteiger partial charge on any atom is -0.228 e. The topological polar surface area (TPSA) is 68.3 Å². The van der Waals surface area contributed by atoms with Crippen LogP contribution in [0.25, 0.3) is 6.08 Å². The van der Waals surface area contributed by atoms with E-state index in [-0.39, 0.29) is 15.6 Å². The van der Waals surface area contributed by atoms with Gasteiger partial charge in [0.15, 0.2) is 9.84 Å². The van der Waals surface area contributed by atoms with Crippen molar-refractivity contribution in [2.24, 2.45) is 0 Å². The van der Waals surface area contributed by atoms with Crippen LogP contribution in [0.2, 0.25) is 0 Å². The fourth-order valence-electron chi connectivity index (χ4n) is 1.82. The summed E-state index contributed by atoms with van der Waals surface area (Å²) in [6.45, 7) is 3.31. The van der Waals surface area contributed by atoms with Crippen molar-refractivity contribution in [3.05, 3.63) is 34.2 Å². The fourth-order valence-corrected chi connectivity index (χ4v) is 5.05. The van der Waals surface area contributed by atoms with Crippen LogP contribution in [0.3, 0.4) is 0 Å². The molecule has 0 aromatic heterocycles. The van der Waals surface area contributed by atoms with Gasteiger partial charge in [-0.2, -0.15) is 0 Å². The Hall–Kier alpha value is -1.14. The highest BCUT2D eigenvalue weighted by Gasteiger charge is 2.32. The highest BCUT2D eigenvalue weighted by molar-refractivity contribution is 7.98. The fraction of sp³-hybridized carbons (Fsp3) is 0.333. The highest BCUT2D eigenvalue weighted by atomic mass is 32.2. The Morgan fingerprint density at radius 1 is 1.22 bits per heavy atom. The zero-order valence-electron chi connectivity index (χ0n) is 10.2. The first-order valence-electron chi connectivity index (χ1n) is 5.53. The zero-order valence-corrected chi connectivity index (χ0v) is 11.8. The van der Waals surface area contributed by atoms with E-state index < -0.39 is 25.4 Å². The molecule has 0 atom stereocenters. The molecule has 18 heavy (non-hydrogen) atoms. The molecule has 0 radical (unpaired) electrons. The van der Waals surface area contributed by atoms with Gasteiger partial charge in [-0.1, -0.05) is 19.1 Å². The molecule has 6 heteroatoms. The third-order valence-electron chi connectivity index (χ3n) is 2.92. The van der Waals surface area contributed by atoms with Gasteiger partial charge in [0.05, 0.1) is 15.6 Å². The summed E-state index contributed by atoms with van der Waals surface area (Å²) in [5.74, 6) is -0.477. The van der Waals surface area contributed by atoms with Crippen molar-refractivity contribution in [3.8, 4) is 0 Å². The van der Waals surface area contributed by atoms with Gasteiger partial charge < -0.3 is 0 Å². The molecule has 0 amide bonds. The van der Waals surface area contributed by atoms with Gasteiger partial charge in [0, 0.05) is 5.75 Å². The zero-order chi connectivity index (χ0) is 13.6. The van der Waals surface area contributed by atoms with Crippen molar-refractivity contribution in [2.75, 3.05) is 11.5 Å². The Labute approximate surface area is 107 Å². The van der Waals surface area contributed by atoms with E-state index in [9.17, 15) is 16.8 Å². The third kappa shape index (κ3) is 2.22. The molecule has 0 spiro atoms. The minimum atomic E-state index is -3.63. The smallest absolute Gasteiger partial charge is 0.204 e. The maximum atomic E-state index is 12.2. The first-order valence-corrected chi connectivity index (χ1v) is 8.83. The van der Waals surface area contributed by atoms with Gasteiger partial charge in [-0.3, -0.25) is 0 Å². The average molecular weight is 286 g/mol. The van der Waals surface area contributed by atoms with Gasteiger partial charge >= 0.3 is 0 Å². The molecule has 0 N–H and O–H groups in total. The molecule has 4 nitrogen and oxygen atoms in total. The van der Waals surface area contributed by atoms with Crippen molar-refractivity contribution in [1.29, 1.82) is 0 Å². The largest absolute Gasteiger partial charge is 0.228 e. The standard InChI is InChI=1S/C12H14O4S2/c1-3-17(13,14)8-11-7-10-5-4-9(2)6-12(10)18(11,15)16/h4-7H,3,8H2,1-2H3. The van der Waals surface area contributed by atoms with Gasteiger partial charge in [0.2, 0.25) is 9.84 Å². The lowest BCUT2D eigenvalue weighted by Gasteiger charge is -2.04. The summed E-state index contributed by atoms with van der Waals surface area (Å²) in [4.78, 5) is 0.189. The van der Waals surface area contributed by atoms with Crippen LogP contribution in [0.4, 0.5) is 0 Å². The molecule has 1 heterocycles. The lowest BCUT2D eigenvalue weighted by atomic mass is 10.1. The number of sulfone groups is 2. The van der Waals surface area contributed by atoms with E-state index in [0.717, 1.165) is 5.56 Å². The molecule has 0 bridgehead atoms. The van der Waals surface area contributed by atoms with Gasteiger partial charge in [-0.25, -0.2) is 16.8 Å². The molecule has 1 aromatic carbocycles. The second-order valence-electron chi connectivity index (χ2n) is 4.33. The Bertz CT molecular complexity index is 725. The van der Waals surface area contributed by atoms with Crippen molar-refractivity contribution in [2.45, 2.75) is 18.7 Å². The van der Waals surface area contributed by atoms with E-state index in [2.05, 4.69) is 0 Å². The van der Waals surface area contributed by atoms with Crippen molar-refractivity contribution in [3.63, 3.8) is 0 Å². The molecule has 0 aliphatic carbocycles. The summed E-state index contributed by atoms with van der Waals surface area (Å²) in [7, 11) is -6.98. The normalized spacial score (nSPS) is 17.3. The van der Waals surface area contributed by atoms with Crippen LogP contribution in [0.1, 0.15) is 18.1 Å². The van der Waals surface area contributed by atoms with Crippen LogP contribution in [0, 0.1) is 6.92 Å². The molecule has 0 saturated carbocycles. The van der Waals surface area contributed by atoms with Gasteiger partial charge in [-0.15, -0.1) is 0 Å². The van der Waals surface area contributed by atoms with Crippen LogP contribution < -0.4 is 0 Å². The predicted molar refractivity (Wildman–Crippen MR) is 70.7 cm³/mol. The van der Waals surface area contributed by atoms with E-state index in [1.807, 2.05) is 6.07 Å². The maximum absolute atomic E-state index is 12.2. The van der Waals surface area contributed by atoms with E-state index >= 15 is 0 Å². The van der Waals surface area contributed by atoms with Gasteiger partial charge in [0.25, 0.3) is 0 Å². The van der Waals surface area contributed by atoms with Gasteiger partial charge in [-0.05, 0) is 30.2 Å². The number of aryl methyl sites for hydroxylation is 1. The summed E-state index contributed by atoms with van der Waals surface area (Å²) in [5, 5.41) is 0. The quantitative estimate of drug-likeness (QED) is 0.845. The molecule has 0 saturated heterocycles. The minimum absolute atomic E-state index is 0.0232. The number of hydrogen-bond acceptors (Lipinski definition) is 4. The van der Waals surface area contributed by atoms with Crippen LogP contribution in [0.5, 0.6) is 0 Å². The average Bonchev–Trinajstić information content (AvgIpc) is 2.52. The van der Waals surface area contributed by atoms with Crippen molar-refractivity contribution < 1.29 is 16.8 Å². The Kier molecular flexibility index (Phi) is 3.11. The number of hydrogen-bond donors (Lipinski definition) is 0. The van der Waals surface area contributed by atoms with E-state index in [1.54, 1.807) is 19.1 Å². The first-order chi connectivity index (χ1) is 8.26. The van der Waals surface area contributed by atoms with Gasteiger partial charge in [0.1, 0.15) is 0 Å². The number of rotatable bonds is 3. The maximum Gasteiger partial charge on any atom is 0.204 e. The molecule has 98 valence electrons. The van der Waals surface area contributed by atoms with Crippen LogP contribution in [0.15, 0.2) is 28.0 Å². The van der Waals surface area contributed by atoms with Crippen molar-refractivity contribution >= 4 is 25.8 Å². The molecule has 0 fully saturated rings. The summed E-state index contributed by atoms with van der Waals surface area (Å²) in [6.07, 6.45) is 1.46. The third-order valence-corrected chi connectivity index (χ3v) is 6.62. The highest BCUT2D eigenvalue weighted by Crippen LogP contribution is 2.34. The number of fused-ring (bicyclic) bond motifs is 1. The first kappa shape index (κ1) is 13.3. The molecule has 0 unspecified atom stereocenters. The van der Waals surface area contributed by atoms with E-state index in [0.29, 0.717) is 5.56 Å². The molecule has 2 rings (SSSR count). The summed E-state index contributed by atoms with van der Waals surface area (Å²) < 4.78 is 47.5. The summed E-state index contributed by atoms with van der Waals surface area (Å²) in [5.41, 5.74) is 1.41. The van der Waals surface area contributed by atoms with Crippen molar-refractivity contribution in [1.82, 2.24) is 0 Å². The van der Waals surface area contributed by atoms with E-state index in [4.69, 9.17) is 0 Å². The summed E-state index contributed by atoms with van der Waals surface area (Å²) in [6, 6.07) is 5.09. The SMILES string of the molecule is CCS(=O)(=O)CC1=Cc2ccc(C)cc2S1(=O)=O. The predicted octanol–water partition coefficient (Wildman–Crippen LogP) is 1.56. The molecule has 1 aliphatic rings. The van der Waals surface area contributed by atoms with Crippen LogP contribution in [-0.4, -0.2) is 28.3 Å². The summed E-state index contributed by atoms with van der Waals surface area (Å²) >= 11 is 0. The van der Waals surface area contributed by atoms with Crippen LogP contribution >= 0.6 is 0 Å². The second-order valence-corrected chi connectivity index (χ2v) is 8.66. The molecular weight excluding hydrogens is 272 g/mol. The molecule has 1 aromatic rings. The Morgan fingerprint density at radius 3 is 2.50 bits per heavy atom. The number of benzene rings is 1. The second kappa shape index (κ2) is 4.20. The molecule has 1 aliphatic heterocycles. The monoisotopic (exact) mass is 286 g/mol. The van der Waals surface area contributed by atoms with Crippen LogP contribution in [-0.2, 0) is 19.7 Å². The molecular formula is C12H14O4S2.